The number of hydrogen-bond acceptors (Lipinski definition) is 6. The molecule has 31 heavy (non-hydrogen) atoms. The predicted molar refractivity (Wildman–Crippen MR) is 120 cm³/mol. The molecular weight excluding hydrogens is 440 g/mol. The summed E-state index contributed by atoms with van der Waals surface area (Å²) >= 11 is 1.71. The summed E-state index contributed by atoms with van der Waals surface area (Å²) in [6, 6.07) is 8.31. The Balaban J connectivity index is 1.69. The number of nitrogens with zero attached hydrogens (tertiary/aromatic N) is 2. The molecule has 1 saturated heterocycles. The van der Waals surface area contributed by atoms with Crippen LogP contribution < -0.4 is 10.1 Å². The van der Waals surface area contributed by atoms with E-state index in [0.29, 0.717) is 24.5 Å². The van der Waals surface area contributed by atoms with Crippen LogP contribution in [0.15, 0.2) is 41.4 Å². The highest BCUT2D eigenvalue weighted by Gasteiger charge is 2.28. The van der Waals surface area contributed by atoms with E-state index in [1.807, 2.05) is 0 Å². The van der Waals surface area contributed by atoms with Gasteiger partial charge in [0, 0.05) is 37.3 Å². The van der Waals surface area contributed by atoms with E-state index in [2.05, 4.69) is 10.3 Å². The Morgan fingerprint density at radius 3 is 2.65 bits per heavy atom. The van der Waals surface area contributed by atoms with Crippen LogP contribution in [-0.2, 0) is 14.8 Å². The first-order valence-corrected chi connectivity index (χ1v) is 12.4. The Bertz CT molecular complexity index is 1030. The molecule has 3 rings (SSSR count). The molecule has 9 nitrogen and oxygen atoms in total. The Kier molecular flexibility index (Phi) is 7.63. The van der Waals surface area contributed by atoms with Crippen molar-refractivity contribution in [3.8, 4) is 5.75 Å². The lowest BCUT2D eigenvalue weighted by molar-refractivity contribution is -0.116. The average Bonchev–Trinajstić information content (AvgIpc) is 3.29. The number of nitrogens with one attached hydrogen (secondary N) is 2. The molecule has 0 unspecified atom stereocenters. The minimum absolute atomic E-state index is 0.0530. The lowest BCUT2D eigenvalue weighted by Crippen LogP contribution is -2.38. The smallest absolute Gasteiger partial charge is 0.270 e. The van der Waals surface area contributed by atoms with Gasteiger partial charge < -0.3 is 19.9 Å². The second kappa shape index (κ2) is 10.2. The van der Waals surface area contributed by atoms with Gasteiger partial charge in [0.1, 0.15) is 22.9 Å². The van der Waals surface area contributed by atoms with E-state index in [-0.39, 0.29) is 29.6 Å². The number of H-pyrrole nitrogens is 1. The van der Waals surface area contributed by atoms with Crippen LogP contribution in [-0.4, -0.2) is 79.2 Å². The van der Waals surface area contributed by atoms with Crippen LogP contribution in [0.4, 0.5) is 5.69 Å². The molecule has 0 atom stereocenters. The lowest BCUT2D eigenvalue weighted by Gasteiger charge is -2.25. The average molecular weight is 467 g/mol. The molecule has 11 heteroatoms. The zero-order valence-corrected chi connectivity index (χ0v) is 19.1. The molecule has 2 heterocycles. The Morgan fingerprint density at radius 1 is 1.26 bits per heavy atom. The van der Waals surface area contributed by atoms with Crippen LogP contribution >= 0.6 is 11.8 Å². The number of aromatic nitrogens is 1. The van der Waals surface area contributed by atoms with Gasteiger partial charge in [-0.25, -0.2) is 8.42 Å². The summed E-state index contributed by atoms with van der Waals surface area (Å²) in [7, 11) is -2.15. The van der Waals surface area contributed by atoms with E-state index in [1.54, 1.807) is 43.0 Å². The molecule has 2 amide bonds. The summed E-state index contributed by atoms with van der Waals surface area (Å²) in [5.41, 5.74) is 0.628. The fourth-order valence-corrected chi connectivity index (χ4v) is 5.76. The van der Waals surface area contributed by atoms with Crippen LogP contribution in [0.5, 0.6) is 5.75 Å². The van der Waals surface area contributed by atoms with Gasteiger partial charge in [-0.05, 0) is 25.1 Å². The van der Waals surface area contributed by atoms with Crippen molar-refractivity contribution in [3.63, 3.8) is 0 Å². The summed E-state index contributed by atoms with van der Waals surface area (Å²) < 4.78 is 32.2. The third kappa shape index (κ3) is 5.41. The molecule has 1 aromatic carbocycles. The molecule has 0 radical (unpaired) electrons. The van der Waals surface area contributed by atoms with Crippen molar-refractivity contribution in [2.45, 2.75) is 11.8 Å². The highest BCUT2D eigenvalue weighted by Crippen LogP contribution is 2.23. The van der Waals surface area contributed by atoms with Crippen molar-refractivity contribution < 1.29 is 22.7 Å². The van der Waals surface area contributed by atoms with Crippen LogP contribution in [0, 0.1) is 0 Å². The number of hydrogen-bond donors (Lipinski definition) is 2. The molecule has 0 saturated carbocycles. The second-order valence-electron chi connectivity index (χ2n) is 6.83. The molecule has 1 aliphatic heterocycles. The van der Waals surface area contributed by atoms with Gasteiger partial charge in [-0.15, -0.1) is 0 Å². The number of methoxy groups -OCH3 is 1. The highest BCUT2D eigenvalue weighted by atomic mass is 32.2. The van der Waals surface area contributed by atoms with E-state index in [0.717, 1.165) is 11.5 Å². The van der Waals surface area contributed by atoms with E-state index < -0.39 is 15.9 Å². The number of para-hydroxylation sites is 2. The van der Waals surface area contributed by atoms with Gasteiger partial charge in [-0.2, -0.15) is 16.1 Å². The number of amides is 2. The number of aromatic amines is 1. The van der Waals surface area contributed by atoms with E-state index in [1.165, 1.54) is 28.6 Å². The normalized spacial score (nSPS) is 14.8. The van der Waals surface area contributed by atoms with Gasteiger partial charge in [0.15, 0.2) is 0 Å². The van der Waals surface area contributed by atoms with Crippen LogP contribution in [0.1, 0.15) is 17.4 Å². The topological polar surface area (TPSA) is 112 Å². The zero-order valence-electron chi connectivity index (χ0n) is 17.5. The number of rotatable bonds is 8. The van der Waals surface area contributed by atoms with E-state index >= 15 is 0 Å². The van der Waals surface area contributed by atoms with Crippen LogP contribution in [0.2, 0.25) is 0 Å². The third-order valence-corrected chi connectivity index (χ3v) is 7.70. The second-order valence-corrected chi connectivity index (χ2v) is 10.00. The number of anilines is 1. The van der Waals surface area contributed by atoms with Gasteiger partial charge in [-0.3, -0.25) is 9.59 Å². The number of thioether (sulfide) groups is 1. The van der Waals surface area contributed by atoms with Crippen molar-refractivity contribution >= 4 is 39.3 Å². The van der Waals surface area contributed by atoms with Gasteiger partial charge in [0.2, 0.25) is 15.9 Å². The standard InChI is InChI=1S/C20H26N4O5S2/c1-3-23(14-19(25)22-16-6-4-5-7-18(16)29-2)20(26)17-12-15(13-21-17)31(27,28)24-8-10-30-11-9-24/h4-7,12-13,21H,3,8-11,14H2,1-2H3,(H,22,25). The fraction of sp³-hybridized carbons (Fsp3) is 0.400. The summed E-state index contributed by atoms with van der Waals surface area (Å²) in [6.45, 7) is 2.75. The van der Waals surface area contributed by atoms with Gasteiger partial charge >= 0.3 is 0 Å². The largest absolute Gasteiger partial charge is 0.495 e. The lowest BCUT2D eigenvalue weighted by atomic mass is 10.3. The van der Waals surface area contributed by atoms with Gasteiger partial charge in [0.25, 0.3) is 5.91 Å². The molecule has 1 aromatic heterocycles. The molecule has 2 aromatic rings. The fourth-order valence-electron chi connectivity index (χ4n) is 3.19. The minimum atomic E-state index is -3.65. The molecular formula is C20H26N4O5S2. The summed E-state index contributed by atoms with van der Waals surface area (Å²) in [4.78, 5) is 29.5. The zero-order chi connectivity index (χ0) is 22.4. The Labute approximate surface area is 186 Å². The first kappa shape index (κ1) is 23.2. The SMILES string of the molecule is CCN(CC(=O)Nc1ccccc1OC)C(=O)c1cc(S(=O)(=O)N2CCSCC2)c[nH]1. The van der Waals surface area contributed by atoms with E-state index in [4.69, 9.17) is 4.74 Å². The maximum Gasteiger partial charge on any atom is 0.270 e. The maximum atomic E-state index is 12.9. The summed E-state index contributed by atoms with van der Waals surface area (Å²) in [6.07, 6.45) is 1.33. The van der Waals surface area contributed by atoms with Crippen molar-refractivity contribution in [1.82, 2.24) is 14.2 Å². The van der Waals surface area contributed by atoms with Gasteiger partial charge in [-0.1, -0.05) is 12.1 Å². The number of carbonyl (C=O) groups excluding carboxylic acids is 2. The first-order valence-electron chi connectivity index (χ1n) is 9.85. The quantitative estimate of drug-likeness (QED) is 0.614. The Morgan fingerprint density at radius 2 is 1.97 bits per heavy atom. The van der Waals surface area contributed by atoms with E-state index in [9.17, 15) is 18.0 Å². The summed E-state index contributed by atoms with van der Waals surface area (Å²) in [5, 5.41) is 2.73. The monoisotopic (exact) mass is 466 g/mol. The first-order chi connectivity index (χ1) is 14.9. The third-order valence-electron chi connectivity index (χ3n) is 4.88. The molecule has 1 fully saturated rings. The van der Waals surface area contributed by atoms with Crippen molar-refractivity contribution in [3.05, 3.63) is 42.2 Å². The predicted octanol–water partition coefficient (Wildman–Crippen LogP) is 1.86. The minimum Gasteiger partial charge on any atom is -0.495 e. The molecule has 2 N–H and O–H groups in total. The molecule has 168 valence electrons. The molecule has 0 bridgehead atoms. The number of ether oxygens (including phenoxy) is 1. The Hall–Kier alpha value is -2.50. The highest BCUT2D eigenvalue weighted by molar-refractivity contribution is 7.99. The van der Waals surface area contributed by atoms with Crippen LogP contribution in [0.25, 0.3) is 0 Å². The van der Waals surface area contributed by atoms with Crippen LogP contribution in [0.3, 0.4) is 0 Å². The molecule has 0 aliphatic carbocycles. The van der Waals surface area contributed by atoms with Crippen molar-refractivity contribution in [2.75, 3.05) is 50.1 Å². The summed E-state index contributed by atoms with van der Waals surface area (Å²) in [5.74, 6) is 1.18. The van der Waals surface area contributed by atoms with Crippen molar-refractivity contribution in [2.24, 2.45) is 0 Å². The number of likely N-dealkylation sites (N-methyl/N-ethyl adjacent to an activating group) is 1. The van der Waals surface area contributed by atoms with Gasteiger partial charge in [0.05, 0.1) is 12.8 Å². The van der Waals surface area contributed by atoms with Crippen molar-refractivity contribution in [1.29, 1.82) is 0 Å². The number of sulfonamides is 1. The molecule has 1 aliphatic rings. The number of carbonyl (C=O) groups is 2. The maximum absolute atomic E-state index is 12.9. The number of benzene rings is 1. The molecule has 0 spiro atoms.